The number of carbonyl (C=O) groups is 2. The molecule has 0 bridgehead atoms. The zero-order valence-electron chi connectivity index (χ0n) is 18.4. The summed E-state index contributed by atoms with van der Waals surface area (Å²) in [6.45, 7) is 9.67. The van der Waals surface area contributed by atoms with Gasteiger partial charge in [0.05, 0.1) is 0 Å². The Morgan fingerprint density at radius 2 is 1.87 bits per heavy atom. The van der Waals surface area contributed by atoms with E-state index >= 15 is 0 Å². The van der Waals surface area contributed by atoms with Crippen LogP contribution in [0.3, 0.4) is 0 Å². The van der Waals surface area contributed by atoms with Gasteiger partial charge in [-0.25, -0.2) is 9.79 Å². The number of rotatable bonds is 5. The Bertz CT molecular complexity index is 867. The van der Waals surface area contributed by atoms with Crippen LogP contribution < -0.4 is 5.32 Å². The number of guanidine groups is 1. The second-order valence-electron chi connectivity index (χ2n) is 8.92. The van der Waals surface area contributed by atoms with E-state index < -0.39 is 18.2 Å². The first-order valence-corrected chi connectivity index (χ1v) is 11.4. The molecule has 31 heavy (non-hydrogen) atoms. The summed E-state index contributed by atoms with van der Waals surface area (Å²) in [5.41, 5.74) is 0.931. The Balaban J connectivity index is 1.56. The molecular formula is C22H31ClN6O2. The van der Waals surface area contributed by atoms with Crippen LogP contribution in [-0.4, -0.2) is 89.5 Å². The predicted molar refractivity (Wildman–Crippen MR) is 121 cm³/mol. The van der Waals surface area contributed by atoms with E-state index in [4.69, 9.17) is 16.6 Å². The number of aliphatic imine (C=N–C) groups is 1. The minimum Gasteiger partial charge on any atom is -0.340 e. The molecule has 8 nitrogen and oxygen atoms in total. The fraction of sp³-hybridized carbons (Fsp3) is 0.591. The lowest BCUT2D eigenvalue weighted by molar-refractivity contribution is -0.127. The number of hydrogen-bond acceptors (Lipinski definition) is 6. The van der Waals surface area contributed by atoms with E-state index in [0.717, 1.165) is 44.2 Å². The third-order valence-electron chi connectivity index (χ3n) is 6.32. The van der Waals surface area contributed by atoms with Gasteiger partial charge >= 0.3 is 6.03 Å². The van der Waals surface area contributed by atoms with Gasteiger partial charge in [0.25, 0.3) is 5.91 Å². The van der Waals surface area contributed by atoms with Crippen LogP contribution in [0.25, 0.3) is 0 Å². The van der Waals surface area contributed by atoms with Crippen molar-refractivity contribution in [3.63, 3.8) is 0 Å². The van der Waals surface area contributed by atoms with Gasteiger partial charge in [0.15, 0.2) is 18.2 Å². The monoisotopic (exact) mass is 446 g/mol. The maximum atomic E-state index is 12.8. The Hall–Kier alpha value is -2.32. The molecule has 2 saturated heterocycles. The Kier molecular flexibility index (Phi) is 6.39. The number of piperazine rings is 1. The highest BCUT2D eigenvalue weighted by Crippen LogP contribution is 2.29. The highest BCUT2D eigenvalue weighted by molar-refractivity contribution is 6.31. The third-order valence-corrected chi connectivity index (χ3v) is 6.68. The van der Waals surface area contributed by atoms with Crippen molar-refractivity contribution in [1.29, 1.82) is 0 Å². The van der Waals surface area contributed by atoms with Crippen molar-refractivity contribution < 1.29 is 9.59 Å². The lowest BCUT2D eigenvalue weighted by Gasteiger charge is -2.40. The Morgan fingerprint density at radius 3 is 2.55 bits per heavy atom. The predicted octanol–water partition coefficient (Wildman–Crippen LogP) is 2.05. The molecule has 1 aromatic rings. The minimum absolute atomic E-state index is 0.311. The van der Waals surface area contributed by atoms with Crippen molar-refractivity contribution in [2.75, 3.05) is 39.8 Å². The molecule has 0 spiro atoms. The number of halogens is 1. The standard InChI is InChI=1S/C22H31ClN6O2/c1-15(2)8-9-27-10-12-28(13-11-27)21-24-19-18(20(30)25-22(31)26(19)3)29(21)14-16-6-4-5-7-17(16)23/h4-7,15,18-19H,8-14H2,1-3H3,(H,25,30,31). The lowest BCUT2D eigenvalue weighted by Crippen LogP contribution is -2.64. The molecule has 0 radical (unpaired) electrons. The molecule has 0 aromatic heterocycles. The van der Waals surface area contributed by atoms with E-state index in [0.29, 0.717) is 17.5 Å². The number of urea groups is 1. The first-order valence-electron chi connectivity index (χ1n) is 11.0. The minimum atomic E-state index is -0.562. The average Bonchev–Trinajstić information content (AvgIpc) is 3.12. The van der Waals surface area contributed by atoms with Gasteiger partial charge in [-0.15, -0.1) is 0 Å². The summed E-state index contributed by atoms with van der Waals surface area (Å²) in [5, 5.41) is 3.12. The fourth-order valence-corrected chi connectivity index (χ4v) is 4.56. The lowest BCUT2D eigenvalue weighted by atomic mass is 10.1. The molecule has 2 atom stereocenters. The molecule has 3 amide bonds. The number of nitrogens with zero attached hydrogens (tertiary/aromatic N) is 5. The van der Waals surface area contributed by atoms with Crippen molar-refractivity contribution in [3.05, 3.63) is 34.9 Å². The van der Waals surface area contributed by atoms with E-state index in [1.54, 1.807) is 7.05 Å². The number of likely N-dealkylation sites (N-methyl/N-ethyl adjacent to an activating group) is 1. The summed E-state index contributed by atoms with van der Waals surface area (Å²) < 4.78 is 0. The summed E-state index contributed by atoms with van der Waals surface area (Å²) in [6, 6.07) is 6.68. The number of fused-ring (bicyclic) bond motifs is 1. The first-order chi connectivity index (χ1) is 14.8. The summed E-state index contributed by atoms with van der Waals surface area (Å²) in [7, 11) is 1.68. The first kappa shape index (κ1) is 21.9. The van der Waals surface area contributed by atoms with Crippen LogP contribution in [0, 0.1) is 5.92 Å². The molecule has 3 aliphatic rings. The summed E-state index contributed by atoms with van der Waals surface area (Å²) >= 11 is 6.43. The SMILES string of the molecule is CC(C)CCN1CCN(C2=NC3C(C(=O)NC(=O)N3C)N2Cc2ccccc2Cl)CC1. The van der Waals surface area contributed by atoms with E-state index in [2.05, 4.69) is 29.0 Å². The number of imide groups is 1. The molecule has 3 aliphatic heterocycles. The Labute approximate surface area is 188 Å². The van der Waals surface area contributed by atoms with Crippen molar-refractivity contribution in [1.82, 2.24) is 24.9 Å². The van der Waals surface area contributed by atoms with E-state index in [1.165, 1.54) is 11.3 Å². The number of amides is 3. The highest BCUT2D eigenvalue weighted by Gasteiger charge is 2.49. The van der Waals surface area contributed by atoms with Crippen molar-refractivity contribution in [2.45, 2.75) is 39.0 Å². The zero-order valence-corrected chi connectivity index (χ0v) is 19.2. The van der Waals surface area contributed by atoms with E-state index in [9.17, 15) is 9.59 Å². The number of carbonyl (C=O) groups excluding carboxylic acids is 2. The molecule has 168 valence electrons. The molecule has 9 heteroatoms. The van der Waals surface area contributed by atoms with Crippen LogP contribution in [0.2, 0.25) is 5.02 Å². The smallest absolute Gasteiger partial charge is 0.325 e. The Morgan fingerprint density at radius 1 is 1.16 bits per heavy atom. The summed E-state index contributed by atoms with van der Waals surface area (Å²) in [5.74, 6) is 1.16. The summed E-state index contributed by atoms with van der Waals surface area (Å²) in [6.07, 6.45) is 0.661. The number of benzene rings is 1. The molecule has 0 aliphatic carbocycles. The normalized spacial score (nSPS) is 24.5. The molecule has 0 saturated carbocycles. The van der Waals surface area contributed by atoms with Gasteiger partial charge in [0.2, 0.25) is 0 Å². The van der Waals surface area contributed by atoms with Crippen molar-refractivity contribution in [3.8, 4) is 0 Å². The van der Waals surface area contributed by atoms with Gasteiger partial charge in [0.1, 0.15) is 0 Å². The molecule has 1 aromatic carbocycles. The van der Waals surface area contributed by atoms with Crippen molar-refractivity contribution >= 4 is 29.5 Å². The third kappa shape index (κ3) is 4.50. The molecule has 2 unspecified atom stereocenters. The van der Waals surface area contributed by atoms with Crippen LogP contribution in [-0.2, 0) is 11.3 Å². The zero-order chi connectivity index (χ0) is 22.1. The molecule has 4 rings (SSSR count). The van der Waals surface area contributed by atoms with Gasteiger partial charge in [-0.05, 0) is 30.5 Å². The van der Waals surface area contributed by atoms with Crippen LogP contribution in [0.5, 0.6) is 0 Å². The quantitative estimate of drug-likeness (QED) is 0.749. The fourth-order valence-electron chi connectivity index (χ4n) is 4.37. The second-order valence-corrected chi connectivity index (χ2v) is 9.33. The van der Waals surface area contributed by atoms with Gasteiger partial charge in [0, 0.05) is 44.8 Å². The molecule has 2 fully saturated rings. The number of nitrogens with one attached hydrogen (secondary N) is 1. The van der Waals surface area contributed by atoms with Crippen LogP contribution in [0.4, 0.5) is 4.79 Å². The van der Waals surface area contributed by atoms with E-state index in [-0.39, 0.29) is 5.91 Å². The van der Waals surface area contributed by atoms with Gasteiger partial charge in [-0.2, -0.15) is 0 Å². The molecule has 3 heterocycles. The largest absolute Gasteiger partial charge is 0.340 e. The topological polar surface area (TPSA) is 71.5 Å². The average molecular weight is 447 g/mol. The second kappa shape index (κ2) is 9.04. The highest BCUT2D eigenvalue weighted by atomic mass is 35.5. The van der Waals surface area contributed by atoms with Gasteiger partial charge in [-0.3, -0.25) is 15.0 Å². The maximum Gasteiger partial charge on any atom is 0.325 e. The van der Waals surface area contributed by atoms with Crippen LogP contribution in [0.1, 0.15) is 25.8 Å². The molecule has 1 N–H and O–H groups in total. The van der Waals surface area contributed by atoms with Crippen LogP contribution in [0.15, 0.2) is 29.3 Å². The van der Waals surface area contributed by atoms with Crippen LogP contribution >= 0.6 is 11.6 Å². The summed E-state index contributed by atoms with van der Waals surface area (Å²) in [4.78, 5) is 38.1. The maximum absolute atomic E-state index is 12.8. The van der Waals surface area contributed by atoms with Crippen molar-refractivity contribution in [2.24, 2.45) is 10.9 Å². The number of hydrogen-bond donors (Lipinski definition) is 1. The van der Waals surface area contributed by atoms with E-state index in [1.807, 2.05) is 29.2 Å². The van der Waals surface area contributed by atoms with Gasteiger partial charge in [-0.1, -0.05) is 43.6 Å². The molecular weight excluding hydrogens is 416 g/mol. The van der Waals surface area contributed by atoms with Gasteiger partial charge < -0.3 is 14.7 Å².